The molecule has 0 aliphatic carbocycles. The molecule has 0 spiro atoms. The Morgan fingerprint density at radius 2 is 2.35 bits per heavy atom. The van der Waals surface area contributed by atoms with Crippen molar-refractivity contribution < 1.29 is 4.74 Å². The lowest BCUT2D eigenvalue weighted by Crippen LogP contribution is -2.36. The van der Waals surface area contributed by atoms with Crippen LogP contribution in [0.4, 0.5) is 0 Å². The fraction of sp³-hybridized carbons (Fsp3) is 0.688. The molecule has 0 radical (unpaired) electrons. The zero-order valence-corrected chi connectivity index (χ0v) is 13.9. The average molecular weight is 341 g/mol. The van der Waals surface area contributed by atoms with Gasteiger partial charge in [0.25, 0.3) is 0 Å². The maximum Gasteiger partial charge on any atom is 0.0590 e. The van der Waals surface area contributed by atoms with E-state index in [0.717, 1.165) is 30.5 Å². The lowest BCUT2D eigenvalue weighted by atomic mass is 9.97. The van der Waals surface area contributed by atoms with Crippen LogP contribution in [-0.4, -0.2) is 30.3 Å². The summed E-state index contributed by atoms with van der Waals surface area (Å²) in [5.41, 5.74) is 1.28. The minimum atomic E-state index is 0.429. The first-order chi connectivity index (χ1) is 9.78. The van der Waals surface area contributed by atoms with Crippen molar-refractivity contribution >= 4 is 15.9 Å². The van der Waals surface area contributed by atoms with E-state index < -0.39 is 0 Å². The van der Waals surface area contributed by atoms with Gasteiger partial charge < -0.3 is 10.1 Å². The fourth-order valence-electron chi connectivity index (χ4n) is 2.75. The Bertz CT molecular complexity index is 394. The maximum absolute atomic E-state index is 5.88. The van der Waals surface area contributed by atoms with Crippen LogP contribution in [0.3, 0.4) is 0 Å². The molecule has 1 aliphatic rings. The van der Waals surface area contributed by atoms with Gasteiger partial charge >= 0.3 is 0 Å². The second kappa shape index (κ2) is 8.75. The van der Waals surface area contributed by atoms with Gasteiger partial charge in [0.05, 0.1) is 6.10 Å². The van der Waals surface area contributed by atoms with E-state index in [1.807, 2.05) is 12.4 Å². The molecule has 0 saturated carbocycles. The summed E-state index contributed by atoms with van der Waals surface area (Å²) in [6.45, 7) is 4.21. The lowest BCUT2D eigenvalue weighted by Gasteiger charge is -2.27. The number of hydrogen-bond acceptors (Lipinski definition) is 3. The number of ether oxygens (including phenoxy) is 1. The highest BCUT2D eigenvalue weighted by Gasteiger charge is 2.19. The van der Waals surface area contributed by atoms with Crippen molar-refractivity contribution in [2.24, 2.45) is 0 Å². The van der Waals surface area contributed by atoms with Crippen molar-refractivity contribution in [3.05, 3.63) is 28.5 Å². The van der Waals surface area contributed by atoms with Crippen molar-refractivity contribution in [1.29, 1.82) is 0 Å². The number of pyridine rings is 1. The van der Waals surface area contributed by atoms with Gasteiger partial charge in [0, 0.05) is 29.5 Å². The van der Waals surface area contributed by atoms with Gasteiger partial charge in [-0.1, -0.05) is 6.92 Å². The highest BCUT2D eigenvalue weighted by atomic mass is 79.9. The monoisotopic (exact) mass is 340 g/mol. The van der Waals surface area contributed by atoms with Gasteiger partial charge in [-0.2, -0.15) is 0 Å². The Kier molecular flexibility index (Phi) is 6.97. The summed E-state index contributed by atoms with van der Waals surface area (Å²) in [6, 6.07) is 2.64. The second-order valence-corrected chi connectivity index (χ2v) is 6.51. The van der Waals surface area contributed by atoms with Crippen LogP contribution in [0.15, 0.2) is 22.9 Å². The van der Waals surface area contributed by atoms with E-state index in [2.05, 4.69) is 39.2 Å². The van der Waals surface area contributed by atoms with Crippen molar-refractivity contribution in [3.8, 4) is 0 Å². The van der Waals surface area contributed by atoms with Crippen molar-refractivity contribution in [1.82, 2.24) is 10.3 Å². The molecule has 1 aromatic rings. The zero-order chi connectivity index (χ0) is 14.2. The first-order valence-electron chi connectivity index (χ1n) is 7.72. The molecule has 112 valence electrons. The van der Waals surface area contributed by atoms with Crippen LogP contribution >= 0.6 is 15.9 Å². The number of nitrogens with one attached hydrogen (secondary N) is 1. The van der Waals surface area contributed by atoms with Crippen LogP contribution in [-0.2, 0) is 11.2 Å². The van der Waals surface area contributed by atoms with Crippen molar-refractivity contribution in [2.75, 3.05) is 13.2 Å². The van der Waals surface area contributed by atoms with E-state index in [-0.39, 0.29) is 0 Å². The third kappa shape index (κ3) is 5.51. The quantitative estimate of drug-likeness (QED) is 0.821. The lowest BCUT2D eigenvalue weighted by molar-refractivity contribution is 0.00526. The number of rotatable bonds is 7. The molecule has 1 saturated heterocycles. The summed E-state index contributed by atoms with van der Waals surface area (Å²) >= 11 is 3.50. The Hall–Kier alpha value is -0.450. The highest BCUT2D eigenvalue weighted by Crippen LogP contribution is 2.19. The standard InChI is InChI=1S/C16H25BrN2O/c1-2-6-19-15(10-16-5-3-4-7-20-16)9-13-8-14(17)12-18-11-13/h8,11-12,15-16,19H,2-7,9-10H2,1H3. The summed E-state index contributed by atoms with van der Waals surface area (Å²) in [5, 5.41) is 3.66. The summed E-state index contributed by atoms with van der Waals surface area (Å²) in [6.07, 6.45) is 11.3. The van der Waals surface area contributed by atoms with Gasteiger partial charge in [-0.25, -0.2) is 0 Å². The minimum Gasteiger partial charge on any atom is -0.378 e. The van der Waals surface area contributed by atoms with Gasteiger partial charge in [-0.3, -0.25) is 4.98 Å². The van der Waals surface area contributed by atoms with Crippen LogP contribution in [0.1, 0.15) is 44.6 Å². The molecule has 1 N–H and O–H groups in total. The number of nitrogens with zero attached hydrogens (tertiary/aromatic N) is 1. The molecule has 0 bridgehead atoms. The smallest absolute Gasteiger partial charge is 0.0590 e. The molecular formula is C16H25BrN2O. The molecule has 0 amide bonds. The first kappa shape index (κ1) is 15.9. The van der Waals surface area contributed by atoms with Crippen molar-refractivity contribution in [3.63, 3.8) is 0 Å². The Morgan fingerprint density at radius 3 is 3.05 bits per heavy atom. The van der Waals surface area contributed by atoms with Gasteiger partial charge in [0.2, 0.25) is 0 Å². The maximum atomic E-state index is 5.88. The van der Waals surface area contributed by atoms with Crippen LogP contribution < -0.4 is 5.32 Å². The zero-order valence-electron chi connectivity index (χ0n) is 12.3. The van der Waals surface area contributed by atoms with E-state index in [1.54, 1.807) is 0 Å². The van der Waals surface area contributed by atoms with Crippen LogP contribution in [0.25, 0.3) is 0 Å². The van der Waals surface area contributed by atoms with Crippen LogP contribution in [0.5, 0.6) is 0 Å². The predicted octanol–water partition coefficient (Wildman–Crippen LogP) is 3.71. The second-order valence-electron chi connectivity index (χ2n) is 5.59. The Balaban J connectivity index is 1.91. The van der Waals surface area contributed by atoms with Crippen LogP contribution in [0, 0.1) is 0 Å². The summed E-state index contributed by atoms with van der Waals surface area (Å²) in [7, 11) is 0. The molecule has 20 heavy (non-hydrogen) atoms. The SMILES string of the molecule is CCCNC(Cc1cncc(Br)c1)CC1CCCCO1. The molecule has 4 heteroatoms. The Labute approximate surface area is 130 Å². The predicted molar refractivity (Wildman–Crippen MR) is 85.9 cm³/mol. The van der Waals surface area contributed by atoms with E-state index in [4.69, 9.17) is 4.74 Å². The normalized spacial score (nSPS) is 20.8. The van der Waals surface area contributed by atoms with Crippen molar-refractivity contribution in [2.45, 2.75) is 57.6 Å². The third-order valence-corrected chi connectivity index (χ3v) is 4.18. The Morgan fingerprint density at radius 1 is 1.45 bits per heavy atom. The number of hydrogen-bond donors (Lipinski definition) is 1. The summed E-state index contributed by atoms with van der Waals surface area (Å²) in [5.74, 6) is 0. The van der Waals surface area contributed by atoms with Crippen LogP contribution in [0.2, 0.25) is 0 Å². The fourth-order valence-corrected chi connectivity index (χ4v) is 3.16. The van der Waals surface area contributed by atoms with E-state index in [9.17, 15) is 0 Å². The third-order valence-electron chi connectivity index (χ3n) is 3.75. The van der Waals surface area contributed by atoms with Gasteiger partial charge in [0.1, 0.15) is 0 Å². The van der Waals surface area contributed by atoms with Gasteiger partial charge in [-0.15, -0.1) is 0 Å². The van der Waals surface area contributed by atoms with Gasteiger partial charge in [-0.05, 0) is 72.6 Å². The molecule has 1 aliphatic heterocycles. The number of aromatic nitrogens is 1. The highest BCUT2D eigenvalue weighted by molar-refractivity contribution is 9.10. The topological polar surface area (TPSA) is 34.2 Å². The molecule has 1 aromatic heterocycles. The van der Waals surface area contributed by atoms with Gasteiger partial charge in [0.15, 0.2) is 0 Å². The molecular weight excluding hydrogens is 316 g/mol. The summed E-state index contributed by atoms with van der Waals surface area (Å²) < 4.78 is 6.94. The molecule has 1 fully saturated rings. The minimum absolute atomic E-state index is 0.429. The molecule has 2 atom stereocenters. The molecule has 3 nitrogen and oxygen atoms in total. The van der Waals surface area contributed by atoms with E-state index >= 15 is 0 Å². The number of halogens is 1. The first-order valence-corrected chi connectivity index (χ1v) is 8.51. The van der Waals surface area contributed by atoms with E-state index in [0.29, 0.717) is 12.1 Å². The average Bonchev–Trinajstić information content (AvgIpc) is 2.46. The summed E-state index contributed by atoms with van der Waals surface area (Å²) in [4.78, 5) is 4.26. The largest absolute Gasteiger partial charge is 0.378 e. The molecule has 2 unspecified atom stereocenters. The molecule has 2 rings (SSSR count). The molecule has 2 heterocycles. The molecule has 0 aromatic carbocycles. The van der Waals surface area contributed by atoms with E-state index in [1.165, 1.54) is 31.2 Å².